The van der Waals surface area contributed by atoms with E-state index >= 15 is 52.7 Å². The van der Waals surface area contributed by atoms with Crippen LogP contribution >= 0.6 is 0 Å². The van der Waals surface area contributed by atoms with E-state index in [0.29, 0.717) is 59.3 Å². The first kappa shape index (κ1) is 102. The van der Waals surface area contributed by atoms with Gasteiger partial charge in [0, 0.05) is 16.2 Å². The number of para-hydroxylation sites is 2. The molecule has 2 saturated carbocycles. The Balaban J connectivity index is 0.000000158. The molecule has 12 aromatic carbocycles. The summed E-state index contributed by atoms with van der Waals surface area (Å²) in [5.74, 6) is -64.5. The van der Waals surface area contributed by atoms with E-state index in [-0.39, 0.29) is 34.6 Å². The van der Waals surface area contributed by atoms with E-state index in [1.54, 1.807) is 74.5 Å². The van der Waals surface area contributed by atoms with Crippen LogP contribution in [0.1, 0.15) is 236 Å². The number of hydrogen-bond acceptors (Lipinski definition) is 3. The molecule has 3 heterocycles. The van der Waals surface area contributed by atoms with E-state index in [0.717, 1.165) is 175 Å². The second-order valence-corrected chi connectivity index (χ2v) is 36.8. The minimum absolute atomic E-state index is 0.173. The van der Waals surface area contributed by atoms with Crippen LogP contribution < -0.4 is 14.7 Å². The van der Waals surface area contributed by atoms with Crippen LogP contribution in [-0.2, 0) is 16.2 Å². The minimum Gasteiger partial charge on any atom is -0.304 e. The van der Waals surface area contributed by atoms with Crippen LogP contribution in [-0.4, -0.2) is 0 Å². The Kier molecular flexibility index (Phi) is 29.0. The molecule has 0 atom stereocenters. The van der Waals surface area contributed by atoms with Gasteiger partial charge in [0.25, 0.3) is 0 Å². The van der Waals surface area contributed by atoms with Crippen LogP contribution in [0.2, 0.25) is 0 Å². The van der Waals surface area contributed by atoms with Crippen LogP contribution in [0.15, 0.2) is 109 Å². The second-order valence-electron chi connectivity index (χ2n) is 36.8. The Morgan fingerprint density at radius 2 is 0.468 bits per heavy atom. The van der Waals surface area contributed by atoms with Gasteiger partial charge in [-0.1, -0.05) is 214 Å². The third-order valence-corrected chi connectivity index (χ3v) is 28.7. The number of hydrogen-bond donors (Lipinski definition) is 0. The SMILES string of the molecule is CCCCC1(CCCC)c2c(C)cccc2N(c2c(F)c(F)c(-c3c(F)c(F)c(F)c(F)c3F)c(F)c2F)c2cccc(C)c21.CCCCC1(CCCC)c2cc(C)ccc2N(c2c(F)c(F)c(-c3c(F)c(F)c(F)c(F)c3F)c(F)c2F)c2ccc(C)cc21.Cc1cccc2c1N(c1c(F)c(F)c(-c3c(F)c(F)c(F)c(F)c3F)c(F)c1F)c1c(C)cccc1C2(C1CCCCC1)C1CCCCC1. The average molecular weight is 1960 g/mol. The summed E-state index contributed by atoms with van der Waals surface area (Å²) in [6.07, 6.45) is 19.4. The molecule has 139 heavy (non-hydrogen) atoms. The van der Waals surface area contributed by atoms with E-state index in [4.69, 9.17) is 0 Å². The lowest BCUT2D eigenvalue weighted by atomic mass is 9.51. The van der Waals surface area contributed by atoms with E-state index < -0.39 is 224 Å². The van der Waals surface area contributed by atoms with Crippen molar-refractivity contribution >= 4 is 51.2 Å². The number of anilines is 9. The first-order valence-corrected chi connectivity index (χ1v) is 46.3. The highest BCUT2D eigenvalue weighted by Crippen LogP contribution is 2.67. The number of fused-ring (bicyclic) bond motifs is 6. The molecule has 0 radical (unpaired) electrons. The highest BCUT2D eigenvalue weighted by Gasteiger charge is 2.57. The van der Waals surface area contributed by atoms with Crippen molar-refractivity contribution in [2.75, 3.05) is 14.7 Å². The van der Waals surface area contributed by atoms with Crippen molar-refractivity contribution in [3.63, 3.8) is 0 Å². The van der Waals surface area contributed by atoms with Crippen molar-refractivity contribution < 1.29 is 119 Å². The van der Waals surface area contributed by atoms with Gasteiger partial charge in [0.15, 0.2) is 140 Å². The Morgan fingerprint density at radius 1 is 0.230 bits per heavy atom. The third-order valence-electron chi connectivity index (χ3n) is 28.7. The van der Waals surface area contributed by atoms with Gasteiger partial charge in [-0.15, -0.1) is 0 Å². The Bertz CT molecular complexity index is 6510. The molecule has 0 bridgehead atoms. The molecule has 0 amide bonds. The Morgan fingerprint density at radius 3 is 0.748 bits per heavy atom. The zero-order chi connectivity index (χ0) is 101. The maximum atomic E-state index is 16.5. The van der Waals surface area contributed by atoms with E-state index in [1.807, 2.05) is 104 Å². The number of aryl methyl sites for hydroxylation is 6. The summed E-state index contributed by atoms with van der Waals surface area (Å²) in [6, 6.07) is 31.5. The van der Waals surface area contributed by atoms with Crippen LogP contribution in [0.5, 0.6) is 0 Å². The van der Waals surface area contributed by atoms with E-state index in [9.17, 15) is 65.9 Å². The fraction of sp³-hybridized carbons (Fsp3) is 0.339. The molecule has 3 aliphatic heterocycles. The van der Waals surface area contributed by atoms with Crippen molar-refractivity contribution in [3.05, 3.63) is 333 Å². The van der Waals surface area contributed by atoms with E-state index in [2.05, 4.69) is 0 Å². The number of benzene rings is 12. The van der Waals surface area contributed by atoms with Gasteiger partial charge in [-0.05, 0) is 185 Å². The molecule has 17 rings (SSSR count). The maximum Gasteiger partial charge on any atom is 0.200 e. The molecule has 2 fully saturated rings. The normalized spacial score (nSPS) is 15.2. The topological polar surface area (TPSA) is 9.72 Å². The molecule has 0 aromatic heterocycles. The highest BCUT2D eigenvalue weighted by atomic mass is 19.2. The average Bonchev–Trinajstić information content (AvgIpc) is 0.717. The molecular weight excluding hydrogens is 1860 g/mol. The summed E-state index contributed by atoms with van der Waals surface area (Å²) >= 11 is 0. The van der Waals surface area contributed by atoms with Gasteiger partial charge in [0.1, 0.15) is 17.1 Å². The quantitative estimate of drug-likeness (QED) is 0.0428. The van der Waals surface area contributed by atoms with Crippen molar-refractivity contribution in [1.29, 1.82) is 0 Å². The summed E-state index contributed by atoms with van der Waals surface area (Å²) < 4.78 is 406. The van der Waals surface area contributed by atoms with Gasteiger partial charge in [0.2, 0.25) is 17.5 Å². The standard InChI is InChI=1S/C39H34F9N.2C35H30F9N/c1-19-11-9-17-23-36(19)49(38-34(47)29(42)26(30(43)35(38)48)25-27(40)31(44)33(46)32(45)28(25)41)37-20(2)12-10-18-24(37)39(23,21-13-5-3-6-14-21)22-15-7-4-8-16-22;1-5-7-15-35(16-8-6-2)23-17(3)11-9-13-19(23)45(20-14-10-12-18(4)24(20)35)34-32(43)27(38)22(28(39)33(34)44)21-25(36)29(40)31(42)30(41)26(21)37;1-5-7-13-35(14-8-6-2)19-15-17(3)9-11-21(19)45(22-12-10-18(4)16-20(22)35)34-32(43)27(38)24(28(39)33(34)44)23-25(36)29(40)31(42)30(41)26(23)37/h9-12,17-18,21-22H,3-8,13-16H2,1-2H3;9-14H,5-8,15-16H2,1-4H3;9-12,15-16H,5-8,13-14H2,1-4H3. The number of halogens is 27. The second kappa shape index (κ2) is 39.7. The van der Waals surface area contributed by atoms with Crippen LogP contribution in [0.3, 0.4) is 0 Å². The van der Waals surface area contributed by atoms with Gasteiger partial charge in [-0.25, -0.2) is 119 Å². The van der Waals surface area contributed by atoms with Crippen molar-refractivity contribution in [2.24, 2.45) is 11.8 Å². The van der Waals surface area contributed by atoms with Crippen molar-refractivity contribution in [2.45, 2.75) is 227 Å². The molecule has 734 valence electrons. The summed E-state index contributed by atoms with van der Waals surface area (Å²) in [4.78, 5) is 3.22. The Labute approximate surface area is 785 Å². The van der Waals surface area contributed by atoms with Gasteiger partial charge >= 0.3 is 0 Å². The van der Waals surface area contributed by atoms with Crippen LogP contribution in [0.25, 0.3) is 33.4 Å². The van der Waals surface area contributed by atoms with Crippen LogP contribution in [0.4, 0.5) is 170 Å². The lowest BCUT2D eigenvalue weighted by Gasteiger charge is -2.55. The molecule has 30 heteroatoms. The predicted octanol–water partition coefficient (Wildman–Crippen LogP) is 35.8. The monoisotopic (exact) mass is 1960 g/mol. The number of nitrogens with zero attached hydrogens (tertiary/aromatic N) is 3. The van der Waals surface area contributed by atoms with Crippen molar-refractivity contribution in [3.8, 4) is 33.4 Å². The van der Waals surface area contributed by atoms with Crippen molar-refractivity contribution in [1.82, 2.24) is 0 Å². The molecule has 5 aliphatic rings. The molecular formula is C109H94F27N3. The van der Waals surface area contributed by atoms with Gasteiger partial charge in [-0.3, -0.25) is 0 Å². The lowest BCUT2D eigenvalue weighted by molar-refractivity contribution is 0.133. The van der Waals surface area contributed by atoms with Gasteiger partial charge in [-0.2, -0.15) is 0 Å². The minimum atomic E-state index is -2.60. The summed E-state index contributed by atoms with van der Waals surface area (Å²) in [7, 11) is 0. The molecule has 0 unspecified atom stereocenters. The zero-order valence-corrected chi connectivity index (χ0v) is 77.2. The molecule has 3 nitrogen and oxygen atoms in total. The maximum absolute atomic E-state index is 16.5. The number of rotatable bonds is 20. The summed E-state index contributed by atoms with van der Waals surface area (Å²) in [5, 5.41) is 0. The largest absolute Gasteiger partial charge is 0.304 e. The summed E-state index contributed by atoms with van der Waals surface area (Å²) in [5.41, 5.74) is -7.49. The zero-order valence-electron chi connectivity index (χ0n) is 77.2. The first-order valence-electron chi connectivity index (χ1n) is 46.3. The fourth-order valence-electron chi connectivity index (χ4n) is 22.6. The first-order chi connectivity index (χ1) is 66.1. The smallest absolute Gasteiger partial charge is 0.200 e. The molecule has 0 saturated heterocycles. The molecule has 0 N–H and O–H groups in total. The van der Waals surface area contributed by atoms with Crippen LogP contribution in [0, 0.1) is 210 Å². The summed E-state index contributed by atoms with van der Waals surface area (Å²) in [6.45, 7) is 19.0. The molecule has 12 aromatic rings. The van der Waals surface area contributed by atoms with Gasteiger partial charge < -0.3 is 14.7 Å². The van der Waals surface area contributed by atoms with E-state index in [1.165, 1.54) is 0 Å². The molecule has 2 aliphatic carbocycles. The van der Waals surface area contributed by atoms with Gasteiger partial charge in [0.05, 0.1) is 67.5 Å². The Hall–Kier alpha value is -11.9. The lowest BCUT2D eigenvalue weighted by Crippen LogP contribution is -2.49. The molecule has 0 spiro atoms. The third kappa shape index (κ3) is 16.2. The predicted molar refractivity (Wildman–Crippen MR) is 481 cm³/mol. The number of unbranched alkanes of at least 4 members (excludes halogenated alkanes) is 4. The highest BCUT2D eigenvalue weighted by molar-refractivity contribution is 5.93. The fourth-order valence-corrected chi connectivity index (χ4v) is 22.6.